The van der Waals surface area contributed by atoms with Gasteiger partial charge in [-0.15, -0.1) is 0 Å². The molecule has 122 valence electrons. The van der Waals surface area contributed by atoms with Gasteiger partial charge in [0, 0.05) is 11.9 Å². The number of carbonyl (C=O) groups is 1. The Morgan fingerprint density at radius 3 is 2.46 bits per heavy atom. The van der Waals surface area contributed by atoms with Crippen LogP contribution >= 0.6 is 0 Å². The Kier molecular flexibility index (Phi) is 4.75. The van der Waals surface area contributed by atoms with Crippen molar-refractivity contribution in [2.45, 2.75) is 26.3 Å². The van der Waals surface area contributed by atoms with E-state index in [4.69, 9.17) is 0 Å². The van der Waals surface area contributed by atoms with Gasteiger partial charge in [-0.2, -0.15) is 5.10 Å². The fourth-order valence-electron chi connectivity index (χ4n) is 2.49. The summed E-state index contributed by atoms with van der Waals surface area (Å²) in [6.07, 6.45) is 3.37. The number of anilines is 1. The van der Waals surface area contributed by atoms with Gasteiger partial charge in [-0.1, -0.05) is 56.3 Å². The van der Waals surface area contributed by atoms with Gasteiger partial charge in [-0.05, 0) is 29.2 Å². The zero-order valence-electron chi connectivity index (χ0n) is 13.9. The summed E-state index contributed by atoms with van der Waals surface area (Å²) in [7, 11) is 0. The van der Waals surface area contributed by atoms with E-state index in [0.29, 0.717) is 18.0 Å². The highest BCUT2D eigenvalue weighted by Crippen LogP contribution is 2.17. The number of carbonyl (C=O) groups excluding carboxylic acids is 1. The Hall–Kier alpha value is -2.88. The predicted molar refractivity (Wildman–Crippen MR) is 96.3 cm³/mol. The van der Waals surface area contributed by atoms with Crippen LogP contribution in [0, 0.1) is 0 Å². The summed E-state index contributed by atoms with van der Waals surface area (Å²) < 4.78 is 1.77. The maximum Gasteiger partial charge on any atom is 0.258 e. The second-order valence-electron chi connectivity index (χ2n) is 6.14. The van der Waals surface area contributed by atoms with Gasteiger partial charge in [-0.25, -0.2) is 0 Å². The minimum absolute atomic E-state index is 0.147. The van der Waals surface area contributed by atoms with E-state index in [1.807, 2.05) is 54.6 Å². The highest BCUT2D eigenvalue weighted by atomic mass is 16.1. The first-order valence-corrected chi connectivity index (χ1v) is 8.09. The topological polar surface area (TPSA) is 46.9 Å². The molecule has 0 aliphatic carbocycles. The minimum Gasteiger partial charge on any atom is -0.322 e. The number of amides is 1. The van der Waals surface area contributed by atoms with Crippen LogP contribution in [0.15, 0.2) is 67.0 Å². The molecule has 0 radical (unpaired) electrons. The van der Waals surface area contributed by atoms with Crippen LogP contribution in [-0.4, -0.2) is 15.7 Å². The molecule has 0 fully saturated rings. The molecule has 4 heteroatoms. The molecule has 0 unspecified atom stereocenters. The molecule has 1 aromatic heterocycles. The van der Waals surface area contributed by atoms with Gasteiger partial charge in [0.1, 0.15) is 0 Å². The summed E-state index contributed by atoms with van der Waals surface area (Å²) >= 11 is 0. The second-order valence-corrected chi connectivity index (χ2v) is 6.14. The summed E-state index contributed by atoms with van der Waals surface area (Å²) in [5.41, 5.74) is 3.75. The van der Waals surface area contributed by atoms with Crippen molar-refractivity contribution >= 4 is 11.6 Å². The Balaban J connectivity index is 1.65. The monoisotopic (exact) mass is 319 g/mol. The summed E-state index contributed by atoms with van der Waals surface area (Å²) in [6, 6.07) is 18.0. The zero-order chi connectivity index (χ0) is 16.9. The van der Waals surface area contributed by atoms with Crippen molar-refractivity contribution in [3.05, 3.63) is 83.7 Å². The van der Waals surface area contributed by atoms with Gasteiger partial charge in [0.2, 0.25) is 0 Å². The van der Waals surface area contributed by atoms with Crippen LogP contribution in [0.1, 0.15) is 41.3 Å². The smallest absolute Gasteiger partial charge is 0.258 e. The van der Waals surface area contributed by atoms with Crippen molar-refractivity contribution < 1.29 is 4.79 Å². The zero-order valence-corrected chi connectivity index (χ0v) is 13.9. The number of aromatic nitrogens is 2. The first-order valence-electron chi connectivity index (χ1n) is 8.09. The lowest BCUT2D eigenvalue weighted by Crippen LogP contribution is -2.11. The number of benzene rings is 2. The Labute approximate surface area is 142 Å². The molecule has 0 bridgehead atoms. The van der Waals surface area contributed by atoms with Gasteiger partial charge in [0.15, 0.2) is 0 Å². The number of hydrogen-bond donors (Lipinski definition) is 1. The van der Waals surface area contributed by atoms with Gasteiger partial charge in [-0.3, -0.25) is 9.48 Å². The fourth-order valence-corrected chi connectivity index (χ4v) is 2.49. The summed E-state index contributed by atoms with van der Waals surface area (Å²) in [5, 5.41) is 7.18. The molecule has 0 spiro atoms. The van der Waals surface area contributed by atoms with Crippen molar-refractivity contribution in [1.82, 2.24) is 9.78 Å². The Morgan fingerprint density at radius 2 is 1.79 bits per heavy atom. The molecule has 0 saturated carbocycles. The summed E-state index contributed by atoms with van der Waals surface area (Å²) in [4.78, 5) is 12.3. The largest absolute Gasteiger partial charge is 0.322 e. The highest BCUT2D eigenvalue weighted by Gasteiger charge is 2.09. The SMILES string of the molecule is CC(C)c1ccc(NC(=O)c2cnn(Cc3ccccc3)c2)cc1. The molecule has 0 aliphatic rings. The van der Waals surface area contributed by atoms with Crippen LogP contribution in [0.3, 0.4) is 0 Å². The summed E-state index contributed by atoms with van der Waals surface area (Å²) in [6.45, 7) is 4.95. The van der Waals surface area contributed by atoms with E-state index in [9.17, 15) is 4.79 Å². The molecule has 1 heterocycles. The first kappa shape index (κ1) is 16.0. The standard InChI is InChI=1S/C20H21N3O/c1-15(2)17-8-10-19(11-9-17)22-20(24)18-12-21-23(14-18)13-16-6-4-3-5-7-16/h3-12,14-15H,13H2,1-2H3,(H,22,24). The molecular weight excluding hydrogens is 298 g/mol. The molecular formula is C20H21N3O. The maximum atomic E-state index is 12.3. The van der Waals surface area contributed by atoms with Crippen LogP contribution in [0.5, 0.6) is 0 Å². The van der Waals surface area contributed by atoms with Crippen LogP contribution in [0.25, 0.3) is 0 Å². The van der Waals surface area contributed by atoms with E-state index < -0.39 is 0 Å². The predicted octanol–water partition coefficient (Wildman–Crippen LogP) is 4.31. The maximum absolute atomic E-state index is 12.3. The molecule has 2 aromatic carbocycles. The highest BCUT2D eigenvalue weighted by molar-refractivity contribution is 6.03. The lowest BCUT2D eigenvalue weighted by atomic mass is 10.0. The lowest BCUT2D eigenvalue weighted by molar-refractivity contribution is 0.102. The molecule has 4 nitrogen and oxygen atoms in total. The third-order valence-corrected chi connectivity index (χ3v) is 3.92. The van der Waals surface area contributed by atoms with Crippen LogP contribution in [0.2, 0.25) is 0 Å². The third kappa shape index (κ3) is 3.90. The van der Waals surface area contributed by atoms with Crippen molar-refractivity contribution in [3.63, 3.8) is 0 Å². The molecule has 1 N–H and O–H groups in total. The van der Waals surface area contributed by atoms with E-state index in [2.05, 4.69) is 24.3 Å². The number of nitrogens with zero attached hydrogens (tertiary/aromatic N) is 2. The van der Waals surface area contributed by atoms with E-state index in [-0.39, 0.29) is 5.91 Å². The average Bonchev–Trinajstić information content (AvgIpc) is 3.05. The molecule has 24 heavy (non-hydrogen) atoms. The molecule has 3 aromatic rings. The Morgan fingerprint density at radius 1 is 1.08 bits per heavy atom. The molecule has 0 aliphatic heterocycles. The normalized spacial score (nSPS) is 10.8. The molecule has 1 amide bonds. The quantitative estimate of drug-likeness (QED) is 0.762. The summed E-state index contributed by atoms with van der Waals surface area (Å²) in [5.74, 6) is 0.331. The number of hydrogen-bond acceptors (Lipinski definition) is 2. The first-order chi connectivity index (χ1) is 11.6. The van der Waals surface area contributed by atoms with E-state index in [0.717, 1.165) is 11.3 Å². The van der Waals surface area contributed by atoms with Crippen molar-refractivity contribution in [3.8, 4) is 0 Å². The molecule has 0 saturated heterocycles. The molecule has 3 rings (SSSR count). The second kappa shape index (κ2) is 7.13. The van der Waals surface area contributed by atoms with Crippen LogP contribution in [-0.2, 0) is 6.54 Å². The molecule has 0 atom stereocenters. The number of nitrogens with one attached hydrogen (secondary N) is 1. The van der Waals surface area contributed by atoms with Crippen molar-refractivity contribution in [1.29, 1.82) is 0 Å². The number of rotatable bonds is 5. The van der Waals surface area contributed by atoms with Crippen LogP contribution in [0.4, 0.5) is 5.69 Å². The fraction of sp³-hybridized carbons (Fsp3) is 0.200. The van der Waals surface area contributed by atoms with E-state index >= 15 is 0 Å². The van der Waals surface area contributed by atoms with E-state index in [1.165, 1.54) is 5.56 Å². The van der Waals surface area contributed by atoms with Gasteiger partial charge < -0.3 is 5.32 Å². The van der Waals surface area contributed by atoms with Crippen LogP contribution < -0.4 is 5.32 Å². The average molecular weight is 319 g/mol. The van der Waals surface area contributed by atoms with Gasteiger partial charge >= 0.3 is 0 Å². The lowest BCUT2D eigenvalue weighted by Gasteiger charge is -2.07. The van der Waals surface area contributed by atoms with Gasteiger partial charge in [0.25, 0.3) is 5.91 Å². The van der Waals surface area contributed by atoms with Crippen molar-refractivity contribution in [2.75, 3.05) is 5.32 Å². The minimum atomic E-state index is -0.147. The Bertz CT molecular complexity index is 804. The third-order valence-electron chi connectivity index (χ3n) is 3.92. The van der Waals surface area contributed by atoms with Crippen molar-refractivity contribution in [2.24, 2.45) is 0 Å². The van der Waals surface area contributed by atoms with E-state index in [1.54, 1.807) is 17.1 Å². The van der Waals surface area contributed by atoms with Gasteiger partial charge in [0.05, 0.1) is 18.3 Å².